The zero-order valence-corrected chi connectivity index (χ0v) is 13.8. The molecule has 0 atom stereocenters. The van der Waals surface area contributed by atoms with Gasteiger partial charge in [0.1, 0.15) is 17.2 Å². The lowest BCUT2D eigenvalue weighted by atomic mass is 10.0. The van der Waals surface area contributed by atoms with Gasteiger partial charge in [0.05, 0.1) is 26.9 Å². The molecule has 2 aromatic carbocycles. The van der Waals surface area contributed by atoms with Crippen molar-refractivity contribution in [1.29, 1.82) is 0 Å². The predicted molar refractivity (Wildman–Crippen MR) is 90.9 cm³/mol. The van der Waals surface area contributed by atoms with Crippen LogP contribution in [0.5, 0.6) is 28.7 Å². The Kier molecular flexibility index (Phi) is 4.14. The number of para-hydroxylation sites is 1. The normalized spacial score (nSPS) is 10.7. The molecule has 130 valence electrons. The Hall–Kier alpha value is -3.35. The van der Waals surface area contributed by atoms with Crippen molar-refractivity contribution in [2.75, 3.05) is 21.3 Å². The molecule has 0 amide bonds. The third-order valence-electron chi connectivity index (χ3n) is 3.85. The Morgan fingerprint density at radius 2 is 1.56 bits per heavy atom. The van der Waals surface area contributed by atoms with E-state index >= 15 is 0 Å². The molecule has 3 rings (SSSR count). The molecule has 7 heteroatoms. The molecule has 25 heavy (non-hydrogen) atoms. The van der Waals surface area contributed by atoms with Crippen LogP contribution in [0, 0.1) is 0 Å². The molecule has 0 saturated carbocycles. The van der Waals surface area contributed by atoms with E-state index < -0.39 is 5.43 Å². The molecule has 0 aliphatic carbocycles. The molecule has 0 spiro atoms. The van der Waals surface area contributed by atoms with E-state index in [1.165, 1.54) is 39.7 Å². The number of aromatic hydroxyl groups is 2. The summed E-state index contributed by atoms with van der Waals surface area (Å²) < 4.78 is 21.1. The SMILES string of the molecule is COc1c(O)cccc1-c1coc2cc(O)c(OC)c(OC)c2c1=O. The van der Waals surface area contributed by atoms with Crippen LogP contribution in [0.2, 0.25) is 0 Å². The average Bonchev–Trinajstić information content (AvgIpc) is 2.60. The Balaban J connectivity index is 2.41. The van der Waals surface area contributed by atoms with Crippen molar-refractivity contribution < 1.29 is 28.8 Å². The van der Waals surface area contributed by atoms with Crippen molar-refractivity contribution in [3.63, 3.8) is 0 Å². The monoisotopic (exact) mass is 344 g/mol. The van der Waals surface area contributed by atoms with Crippen LogP contribution in [0.1, 0.15) is 0 Å². The van der Waals surface area contributed by atoms with Crippen molar-refractivity contribution in [1.82, 2.24) is 0 Å². The fourth-order valence-corrected chi connectivity index (χ4v) is 2.75. The van der Waals surface area contributed by atoms with Crippen molar-refractivity contribution in [2.24, 2.45) is 0 Å². The molecule has 2 N–H and O–H groups in total. The molecule has 3 aromatic rings. The van der Waals surface area contributed by atoms with Crippen LogP contribution < -0.4 is 19.6 Å². The topological polar surface area (TPSA) is 98.4 Å². The Morgan fingerprint density at radius 3 is 2.20 bits per heavy atom. The lowest BCUT2D eigenvalue weighted by molar-refractivity contribution is 0.335. The molecule has 0 aliphatic heterocycles. The maximum absolute atomic E-state index is 13.1. The smallest absolute Gasteiger partial charge is 0.204 e. The van der Waals surface area contributed by atoms with Crippen LogP contribution in [0.15, 0.2) is 39.7 Å². The number of ether oxygens (including phenoxy) is 3. The van der Waals surface area contributed by atoms with E-state index in [2.05, 4.69) is 0 Å². The molecular formula is C18H16O7. The number of hydrogen-bond acceptors (Lipinski definition) is 7. The molecule has 0 radical (unpaired) electrons. The van der Waals surface area contributed by atoms with Gasteiger partial charge in [-0.1, -0.05) is 12.1 Å². The van der Waals surface area contributed by atoms with Crippen LogP contribution in [0.3, 0.4) is 0 Å². The number of hydrogen-bond donors (Lipinski definition) is 2. The number of rotatable bonds is 4. The quantitative estimate of drug-likeness (QED) is 0.751. The van der Waals surface area contributed by atoms with Crippen molar-refractivity contribution in [3.05, 3.63) is 40.8 Å². The highest BCUT2D eigenvalue weighted by molar-refractivity contribution is 5.92. The van der Waals surface area contributed by atoms with Gasteiger partial charge in [-0.15, -0.1) is 0 Å². The highest BCUT2D eigenvalue weighted by atomic mass is 16.5. The first-order chi connectivity index (χ1) is 12.0. The van der Waals surface area contributed by atoms with E-state index in [1.54, 1.807) is 12.1 Å². The summed E-state index contributed by atoms with van der Waals surface area (Å²) in [4.78, 5) is 13.1. The second kappa shape index (κ2) is 6.27. The average molecular weight is 344 g/mol. The summed E-state index contributed by atoms with van der Waals surface area (Å²) in [5, 5.41) is 20.0. The summed E-state index contributed by atoms with van der Waals surface area (Å²) in [6.07, 6.45) is 1.24. The van der Waals surface area contributed by atoms with E-state index in [1.807, 2.05) is 0 Å². The summed E-state index contributed by atoms with van der Waals surface area (Å²) in [6.45, 7) is 0. The van der Waals surface area contributed by atoms with Gasteiger partial charge in [0.2, 0.25) is 11.2 Å². The third kappa shape index (κ3) is 2.50. The maximum atomic E-state index is 13.1. The molecular weight excluding hydrogens is 328 g/mol. The van der Waals surface area contributed by atoms with Crippen LogP contribution in [-0.4, -0.2) is 31.5 Å². The molecule has 0 unspecified atom stereocenters. The molecule has 0 saturated heterocycles. The Labute approximate surface area is 142 Å². The number of phenols is 2. The first-order valence-electron chi connectivity index (χ1n) is 7.29. The molecule has 7 nitrogen and oxygen atoms in total. The van der Waals surface area contributed by atoms with Gasteiger partial charge in [0.25, 0.3) is 0 Å². The second-order valence-electron chi connectivity index (χ2n) is 5.17. The zero-order valence-electron chi connectivity index (χ0n) is 13.8. The summed E-state index contributed by atoms with van der Waals surface area (Å²) in [6, 6.07) is 5.94. The zero-order chi connectivity index (χ0) is 18.1. The van der Waals surface area contributed by atoms with Gasteiger partial charge in [-0.2, -0.15) is 0 Å². The van der Waals surface area contributed by atoms with Crippen LogP contribution in [0.4, 0.5) is 0 Å². The first-order valence-corrected chi connectivity index (χ1v) is 7.29. The Bertz CT molecular complexity index is 1000. The fourth-order valence-electron chi connectivity index (χ4n) is 2.75. The van der Waals surface area contributed by atoms with Gasteiger partial charge >= 0.3 is 0 Å². The number of fused-ring (bicyclic) bond motifs is 1. The van der Waals surface area contributed by atoms with Gasteiger partial charge in [-0.25, -0.2) is 0 Å². The minimum atomic E-state index is -0.416. The van der Waals surface area contributed by atoms with Gasteiger partial charge < -0.3 is 28.8 Å². The van der Waals surface area contributed by atoms with Crippen molar-refractivity contribution in [3.8, 4) is 39.9 Å². The van der Waals surface area contributed by atoms with E-state index in [4.69, 9.17) is 18.6 Å². The third-order valence-corrected chi connectivity index (χ3v) is 3.85. The lowest BCUT2D eigenvalue weighted by Crippen LogP contribution is -2.08. The summed E-state index contributed by atoms with van der Waals surface area (Å²) in [7, 11) is 4.10. The maximum Gasteiger partial charge on any atom is 0.204 e. The van der Waals surface area contributed by atoms with Crippen LogP contribution in [-0.2, 0) is 0 Å². The largest absolute Gasteiger partial charge is 0.504 e. The van der Waals surface area contributed by atoms with Crippen LogP contribution in [0.25, 0.3) is 22.1 Å². The number of phenolic OH excluding ortho intramolecular Hbond substituents is 2. The molecule has 0 bridgehead atoms. The first kappa shape index (κ1) is 16.5. The van der Waals surface area contributed by atoms with Gasteiger partial charge in [0.15, 0.2) is 23.0 Å². The predicted octanol–water partition coefficient (Wildman–Crippen LogP) is 2.90. The van der Waals surface area contributed by atoms with Crippen molar-refractivity contribution >= 4 is 11.0 Å². The fraction of sp³-hybridized carbons (Fsp3) is 0.167. The highest BCUT2D eigenvalue weighted by Crippen LogP contribution is 2.43. The van der Waals surface area contributed by atoms with E-state index in [9.17, 15) is 15.0 Å². The number of methoxy groups -OCH3 is 3. The minimum Gasteiger partial charge on any atom is -0.504 e. The second-order valence-corrected chi connectivity index (χ2v) is 5.17. The van der Waals surface area contributed by atoms with Gasteiger partial charge in [-0.3, -0.25) is 4.79 Å². The van der Waals surface area contributed by atoms with E-state index in [-0.39, 0.29) is 45.3 Å². The molecule has 1 heterocycles. The Morgan fingerprint density at radius 1 is 0.880 bits per heavy atom. The minimum absolute atomic E-state index is 0.0299. The molecule has 1 aromatic heterocycles. The van der Waals surface area contributed by atoms with Gasteiger partial charge in [-0.05, 0) is 6.07 Å². The van der Waals surface area contributed by atoms with Crippen molar-refractivity contribution in [2.45, 2.75) is 0 Å². The van der Waals surface area contributed by atoms with Crippen LogP contribution >= 0.6 is 0 Å². The summed E-state index contributed by atoms with van der Waals surface area (Å²) in [5.41, 5.74) is 0.266. The van der Waals surface area contributed by atoms with E-state index in [0.717, 1.165) is 0 Å². The molecule has 0 fully saturated rings. The highest BCUT2D eigenvalue weighted by Gasteiger charge is 2.22. The van der Waals surface area contributed by atoms with Gasteiger partial charge in [0, 0.05) is 11.6 Å². The van der Waals surface area contributed by atoms with E-state index in [0.29, 0.717) is 5.56 Å². The number of benzene rings is 2. The lowest BCUT2D eigenvalue weighted by Gasteiger charge is -2.13. The summed E-state index contributed by atoms with van der Waals surface area (Å²) in [5.74, 6) is -0.0687. The standard InChI is InChI=1S/C18H16O7/c1-22-16-9(5-4-6-11(16)19)10-8-25-13-7-12(20)17(23-2)18(24-3)14(13)15(10)21/h4-8,19-20H,1-3H3. The summed E-state index contributed by atoms with van der Waals surface area (Å²) >= 11 is 0. The molecule has 0 aliphatic rings.